The highest BCUT2D eigenvalue weighted by molar-refractivity contribution is 5.46. The van der Waals surface area contributed by atoms with E-state index >= 15 is 0 Å². The quantitative estimate of drug-likeness (QED) is 0.810. The fourth-order valence-corrected chi connectivity index (χ4v) is 2.91. The molecule has 0 amide bonds. The first-order valence-electron chi connectivity index (χ1n) is 6.96. The molecule has 1 aliphatic rings. The van der Waals surface area contributed by atoms with Crippen molar-refractivity contribution < 1.29 is 0 Å². The van der Waals surface area contributed by atoms with E-state index in [1.165, 1.54) is 31.5 Å². The molecule has 0 bridgehead atoms. The molecule has 1 unspecified atom stereocenters. The van der Waals surface area contributed by atoms with Crippen molar-refractivity contribution in [3.05, 3.63) is 29.8 Å². The van der Waals surface area contributed by atoms with Gasteiger partial charge in [0.15, 0.2) is 0 Å². The number of anilines is 1. The van der Waals surface area contributed by atoms with Crippen molar-refractivity contribution in [1.82, 2.24) is 9.80 Å². The molecule has 3 nitrogen and oxygen atoms in total. The van der Waals surface area contributed by atoms with Crippen LogP contribution in [0.2, 0.25) is 0 Å². The van der Waals surface area contributed by atoms with Gasteiger partial charge >= 0.3 is 0 Å². The second kappa shape index (κ2) is 6.21. The molecule has 1 fully saturated rings. The smallest absolute Gasteiger partial charge is 0.0359 e. The van der Waals surface area contributed by atoms with Gasteiger partial charge in [-0.3, -0.25) is 4.90 Å². The summed E-state index contributed by atoms with van der Waals surface area (Å²) < 4.78 is 0. The first-order chi connectivity index (χ1) is 8.70. The number of likely N-dealkylation sites (N-methyl/N-ethyl adjacent to an activating group) is 2. The fraction of sp³-hybridized carbons (Fsp3) is 0.600. The zero-order valence-electron chi connectivity index (χ0n) is 11.6. The van der Waals surface area contributed by atoms with E-state index in [0.717, 1.165) is 24.8 Å². The molecule has 0 aromatic heterocycles. The molecule has 18 heavy (non-hydrogen) atoms. The van der Waals surface area contributed by atoms with Crippen LogP contribution in [-0.4, -0.2) is 42.5 Å². The van der Waals surface area contributed by atoms with Crippen LogP contribution in [0.3, 0.4) is 0 Å². The van der Waals surface area contributed by atoms with Crippen LogP contribution in [0.4, 0.5) is 5.69 Å². The van der Waals surface area contributed by atoms with Gasteiger partial charge in [-0.2, -0.15) is 0 Å². The minimum Gasteiger partial charge on any atom is -0.398 e. The lowest BCUT2D eigenvalue weighted by atomic mass is 10.1. The normalized spacial score (nSPS) is 20.7. The third-order valence-corrected chi connectivity index (χ3v) is 3.92. The third-order valence-electron chi connectivity index (χ3n) is 3.92. The standard InChI is InChI=1S/C15H25N3/c1-3-18-10-6-8-14(18)12-17(2)11-13-7-4-5-9-15(13)16/h4-5,7,9,14H,3,6,8,10-12,16H2,1-2H3. The maximum Gasteiger partial charge on any atom is 0.0359 e. The van der Waals surface area contributed by atoms with E-state index in [4.69, 9.17) is 5.73 Å². The highest BCUT2D eigenvalue weighted by Crippen LogP contribution is 2.19. The van der Waals surface area contributed by atoms with Crippen LogP contribution in [0.15, 0.2) is 24.3 Å². The number of hydrogen-bond donors (Lipinski definition) is 1. The average Bonchev–Trinajstić information content (AvgIpc) is 2.79. The summed E-state index contributed by atoms with van der Waals surface area (Å²) >= 11 is 0. The lowest BCUT2D eigenvalue weighted by molar-refractivity contribution is 0.195. The van der Waals surface area contributed by atoms with Gasteiger partial charge in [-0.05, 0) is 44.6 Å². The maximum absolute atomic E-state index is 5.99. The van der Waals surface area contributed by atoms with Crippen LogP contribution in [0.25, 0.3) is 0 Å². The van der Waals surface area contributed by atoms with Crippen molar-refractivity contribution in [3.8, 4) is 0 Å². The Kier molecular flexibility index (Phi) is 4.61. The molecule has 2 rings (SSSR count). The minimum absolute atomic E-state index is 0.727. The molecule has 1 aliphatic heterocycles. The van der Waals surface area contributed by atoms with Crippen molar-refractivity contribution in [1.29, 1.82) is 0 Å². The van der Waals surface area contributed by atoms with Crippen molar-refractivity contribution in [3.63, 3.8) is 0 Å². The number of hydrogen-bond acceptors (Lipinski definition) is 3. The molecule has 0 aliphatic carbocycles. The molecule has 2 N–H and O–H groups in total. The Morgan fingerprint density at radius 3 is 2.89 bits per heavy atom. The van der Waals surface area contributed by atoms with Gasteiger partial charge in [0.05, 0.1) is 0 Å². The van der Waals surface area contributed by atoms with E-state index in [9.17, 15) is 0 Å². The van der Waals surface area contributed by atoms with E-state index in [1.54, 1.807) is 0 Å². The summed E-state index contributed by atoms with van der Waals surface area (Å²) in [6.45, 7) is 6.78. The number of rotatable bonds is 5. The number of benzene rings is 1. The van der Waals surface area contributed by atoms with Crippen molar-refractivity contribution in [2.75, 3.05) is 32.4 Å². The van der Waals surface area contributed by atoms with Crippen LogP contribution in [-0.2, 0) is 6.54 Å². The van der Waals surface area contributed by atoms with Crippen LogP contribution >= 0.6 is 0 Å². The largest absolute Gasteiger partial charge is 0.398 e. The lowest BCUT2D eigenvalue weighted by Crippen LogP contribution is -2.38. The zero-order chi connectivity index (χ0) is 13.0. The van der Waals surface area contributed by atoms with Crippen LogP contribution in [0.1, 0.15) is 25.3 Å². The first-order valence-corrected chi connectivity index (χ1v) is 6.96. The molecule has 1 atom stereocenters. The topological polar surface area (TPSA) is 32.5 Å². The van der Waals surface area contributed by atoms with E-state index in [1.807, 2.05) is 12.1 Å². The van der Waals surface area contributed by atoms with Crippen molar-refractivity contribution in [2.45, 2.75) is 32.4 Å². The van der Waals surface area contributed by atoms with Gasteiger partial charge in [0.25, 0.3) is 0 Å². The number of nitrogen functional groups attached to an aromatic ring is 1. The average molecular weight is 247 g/mol. The number of nitrogens with two attached hydrogens (primary N) is 1. The SMILES string of the molecule is CCN1CCCC1CN(C)Cc1ccccc1N. The molecule has 0 radical (unpaired) electrons. The predicted molar refractivity (Wildman–Crippen MR) is 77.5 cm³/mol. The third kappa shape index (κ3) is 3.24. The fourth-order valence-electron chi connectivity index (χ4n) is 2.91. The van der Waals surface area contributed by atoms with E-state index in [0.29, 0.717) is 0 Å². The highest BCUT2D eigenvalue weighted by Gasteiger charge is 2.23. The summed E-state index contributed by atoms with van der Waals surface area (Å²) in [5, 5.41) is 0. The van der Waals surface area contributed by atoms with Gasteiger partial charge in [-0.15, -0.1) is 0 Å². The molecular formula is C15H25N3. The molecule has 3 heteroatoms. The Balaban J connectivity index is 1.89. The van der Waals surface area contributed by atoms with Gasteiger partial charge in [0.1, 0.15) is 0 Å². The Hall–Kier alpha value is -1.06. The Labute approximate surface area is 111 Å². The van der Waals surface area contributed by atoms with Gasteiger partial charge in [0, 0.05) is 24.8 Å². The van der Waals surface area contributed by atoms with Crippen LogP contribution < -0.4 is 5.73 Å². The number of para-hydroxylation sites is 1. The summed E-state index contributed by atoms with van der Waals surface area (Å²) in [4.78, 5) is 4.98. The molecule has 0 saturated carbocycles. The molecule has 1 aromatic carbocycles. The van der Waals surface area contributed by atoms with Gasteiger partial charge in [-0.25, -0.2) is 0 Å². The molecule has 1 aromatic rings. The number of nitrogens with zero attached hydrogens (tertiary/aromatic N) is 2. The van der Waals surface area contributed by atoms with E-state index in [2.05, 4.69) is 35.9 Å². The minimum atomic E-state index is 0.727. The highest BCUT2D eigenvalue weighted by atomic mass is 15.2. The number of likely N-dealkylation sites (tertiary alicyclic amines) is 1. The summed E-state index contributed by atoms with van der Waals surface area (Å²) in [5.41, 5.74) is 8.14. The van der Waals surface area contributed by atoms with Gasteiger partial charge < -0.3 is 10.6 Å². The van der Waals surface area contributed by atoms with Crippen LogP contribution in [0, 0.1) is 0 Å². The molecular weight excluding hydrogens is 222 g/mol. The summed E-state index contributed by atoms with van der Waals surface area (Å²) in [6, 6.07) is 8.89. The first kappa shape index (κ1) is 13.4. The van der Waals surface area contributed by atoms with Gasteiger partial charge in [0.2, 0.25) is 0 Å². The second-order valence-electron chi connectivity index (χ2n) is 5.32. The summed E-state index contributed by atoms with van der Waals surface area (Å²) in [5.74, 6) is 0. The summed E-state index contributed by atoms with van der Waals surface area (Å²) in [6.07, 6.45) is 2.68. The molecule has 1 saturated heterocycles. The lowest BCUT2D eigenvalue weighted by Gasteiger charge is -2.28. The van der Waals surface area contributed by atoms with Gasteiger partial charge in [-0.1, -0.05) is 25.1 Å². The van der Waals surface area contributed by atoms with E-state index in [-0.39, 0.29) is 0 Å². The summed E-state index contributed by atoms with van der Waals surface area (Å²) in [7, 11) is 2.19. The monoisotopic (exact) mass is 247 g/mol. The van der Waals surface area contributed by atoms with Crippen molar-refractivity contribution in [2.24, 2.45) is 0 Å². The van der Waals surface area contributed by atoms with Crippen molar-refractivity contribution >= 4 is 5.69 Å². The molecule has 0 spiro atoms. The second-order valence-corrected chi connectivity index (χ2v) is 5.32. The zero-order valence-corrected chi connectivity index (χ0v) is 11.6. The van der Waals surface area contributed by atoms with Crippen LogP contribution in [0.5, 0.6) is 0 Å². The molecule has 100 valence electrons. The Morgan fingerprint density at radius 2 is 2.17 bits per heavy atom. The Bertz CT molecular complexity index is 378. The Morgan fingerprint density at radius 1 is 1.39 bits per heavy atom. The molecule has 1 heterocycles. The predicted octanol–water partition coefficient (Wildman–Crippen LogP) is 2.18. The van der Waals surface area contributed by atoms with E-state index < -0.39 is 0 Å². The maximum atomic E-state index is 5.99.